The second-order valence-corrected chi connectivity index (χ2v) is 5.21. The quantitative estimate of drug-likeness (QED) is 0.894. The summed E-state index contributed by atoms with van der Waals surface area (Å²) >= 11 is 0. The molecule has 0 bridgehead atoms. The summed E-state index contributed by atoms with van der Waals surface area (Å²) in [5, 5.41) is 17.2. The Morgan fingerprint density at radius 2 is 2.37 bits per heavy atom. The largest absolute Gasteiger partial charge is 0.351 e. The highest BCUT2D eigenvalue weighted by Gasteiger charge is 2.26. The van der Waals surface area contributed by atoms with Gasteiger partial charge in [-0.3, -0.25) is 4.68 Å². The Kier molecular flexibility index (Phi) is 4.43. The van der Waals surface area contributed by atoms with E-state index in [9.17, 15) is 5.26 Å². The first-order chi connectivity index (χ1) is 9.19. The fourth-order valence-corrected chi connectivity index (χ4v) is 2.91. The zero-order chi connectivity index (χ0) is 13.8. The van der Waals surface area contributed by atoms with Gasteiger partial charge in [0.15, 0.2) is 0 Å². The SMILES string of the molecule is CCCN(c1c(C#N)c(C)nn1C)C1CCCNC1. The van der Waals surface area contributed by atoms with Gasteiger partial charge in [0.25, 0.3) is 0 Å². The van der Waals surface area contributed by atoms with E-state index in [1.807, 2.05) is 18.7 Å². The summed E-state index contributed by atoms with van der Waals surface area (Å²) in [6.45, 7) is 7.16. The van der Waals surface area contributed by atoms with Gasteiger partial charge >= 0.3 is 0 Å². The summed E-state index contributed by atoms with van der Waals surface area (Å²) in [4.78, 5) is 2.37. The third-order valence-corrected chi connectivity index (χ3v) is 3.75. The molecule has 1 aliphatic rings. The Bertz CT molecular complexity index is 465. The van der Waals surface area contributed by atoms with Crippen LogP contribution in [0.15, 0.2) is 0 Å². The molecule has 0 amide bonds. The maximum atomic E-state index is 9.38. The van der Waals surface area contributed by atoms with Crippen molar-refractivity contribution in [3.05, 3.63) is 11.3 Å². The van der Waals surface area contributed by atoms with Crippen LogP contribution >= 0.6 is 0 Å². The van der Waals surface area contributed by atoms with Crippen LogP contribution in [0.5, 0.6) is 0 Å². The molecule has 1 saturated heterocycles. The van der Waals surface area contributed by atoms with Crippen molar-refractivity contribution >= 4 is 5.82 Å². The van der Waals surface area contributed by atoms with Gasteiger partial charge in [0, 0.05) is 26.2 Å². The highest BCUT2D eigenvalue weighted by molar-refractivity contribution is 5.57. The van der Waals surface area contributed by atoms with E-state index in [0.717, 1.165) is 43.1 Å². The molecule has 19 heavy (non-hydrogen) atoms. The monoisotopic (exact) mass is 261 g/mol. The normalized spacial score (nSPS) is 19.2. The van der Waals surface area contributed by atoms with Crippen LogP contribution in [-0.2, 0) is 7.05 Å². The van der Waals surface area contributed by atoms with Crippen LogP contribution in [-0.4, -0.2) is 35.5 Å². The summed E-state index contributed by atoms with van der Waals surface area (Å²) in [5.74, 6) is 0.982. The van der Waals surface area contributed by atoms with Gasteiger partial charge in [-0.25, -0.2) is 0 Å². The molecule has 0 spiro atoms. The highest BCUT2D eigenvalue weighted by atomic mass is 15.4. The van der Waals surface area contributed by atoms with E-state index in [1.165, 1.54) is 12.8 Å². The summed E-state index contributed by atoms with van der Waals surface area (Å²) in [5.41, 5.74) is 1.55. The Hall–Kier alpha value is -1.54. The van der Waals surface area contributed by atoms with Gasteiger partial charge < -0.3 is 10.2 Å². The molecular formula is C14H23N5. The minimum Gasteiger partial charge on any atom is -0.351 e. The molecule has 104 valence electrons. The Morgan fingerprint density at radius 3 is 2.95 bits per heavy atom. The number of hydrogen-bond acceptors (Lipinski definition) is 4. The molecule has 0 saturated carbocycles. The first-order valence-corrected chi connectivity index (χ1v) is 7.10. The summed E-state index contributed by atoms with van der Waals surface area (Å²) in [6.07, 6.45) is 3.46. The lowest BCUT2D eigenvalue weighted by Gasteiger charge is -2.36. The molecule has 2 heterocycles. The van der Waals surface area contributed by atoms with Gasteiger partial charge in [-0.05, 0) is 32.7 Å². The second-order valence-electron chi connectivity index (χ2n) is 5.21. The maximum Gasteiger partial charge on any atom is 0.145 e. The predicted octanol–water partition coefficient (Wildman–Crippen LogP) is 1.57. The van der Waals surface area contributed by atoms with Crippen LogP contribution in [0.1, 0.15) is 37.4 Å². The second kappa shape index (κ2) is 6.07. The third-order valence-electron chi connectivity index (χ3n) is 3.75. The van der Waals surface area contributed by atoms with Crippen molar-refractivity contribution in [2.45, 2.75) is 39.2 Å². The molecule has 2 rings (SSSR count). The van der Waals surface area contributed by atoms with E-state index in [1.54, 1.807) is 0 Å². The van der Waals surface area contributed by atoms with Crippen molar-refractivity contribution in [3.63, 3.8) is 0 Å². The fourth-order valence-electron chi connectivity index (χ4n) is 2.91. The smallest absolute Gasteiger partial charge is 0.145 e. The van der Waals surface area contributed by atoms with Crippen molar-refractivity contribution in [2.75, 3.05) is 24.5 Å². The third kappa shape index (κ3) is 2.74. The lowest BCUT2D eigenvalue weighted by Crippen LogP contribution is -2.47. The lowest BCUT2D eigenvalue weighted by molar-refractivity contribution is 0.425. The minimum absolute atomic E-state index is 0.468. The van der Waals surface area contributed by atoms with Gasteiger partial charge in [-0.1, -0.05) is 6.92 Å². The van der Waals surface area contributed by atoms with Gasteiger partial charge in [0.2, 0.25) is 0 Å². The molecule has 0 aromatic carbocycles. The molecule has 0 aliphatic carbocycles. The molecule has 5 nitrogen and oxygen atoms in total. The molecule has 1 aromatic heterocycles. The molecule has 1 aromatic rings. The average Bonchev–Trinajstić information content (AvgIpc) is 2.71. The van der Waals surface area contributed by atoms with Crippen molar-refractivity contribution in [3.8, 4) is 6.07 Å². The van der Waals surface area contributed by atoms with E-state index in [0.29, 0.717) is 6.04 Å². The van der Waals surface area contributed by atoms with Gasteiger partial charge in [0.1, 0.15) is 17.5 Å². The number of aromatic nitrogens is 2. The zero-order valence-electron chi connectivity index (χ0n) is 12.1. The molecule has 1 atom stereocenters. The zero-order valence-corrected chi connectivity index (χ0v) is 12.1. The van der Waals surface area contributed by atoms with Gasteiger partial charge in [0.05, 0.1) is 5.69 Å². The standard InChI is InChI=1S/C14H23N5/c1-4-8-19(12-6-5-7-16-10-12)14-13(9-15)11(2)17-18(14)3/h12,16H,4-8,10H2,1-3H3. The summed E-state index contributed by atoms with van der Waals surface area (Å²) in [7, 11) is 1.93. The number of nitrogens with zero attached hydrogens (tertiary/aromatic N) is 4. The topological polar surface area (TPSA) is 56.9 Å². The molecule has 5 heteroatoms. The number of anilines is 1. The van der Waals surface area contributed by atoms with Gasteiger partial charge in [-0.2, -0.15) is 10.4 Å². The summed E-state index contributed by atoms with van der Waals surface area (Å²) in [6, 6.07) is 2.79. The van der Waals surface area contributed by atoms with Crippen LogP contribution in [0.4, 0.5) is 5.82 Å². The van der Waals surface area contributed by atoms with Crippen molar-refractivity contribution in [1.82, 2.24) is 15.1 Å². The molecule has 1 fully saturated rings. The van der Waals surface area contributed by atoms with Crippen molar-refractivity contribution in [2.24, 2.45) is 7.05 Å². The number of aryl methyl sites for hydroxylation is 2. The Balaban J connectivity index is 2.35. The van der Waals surface area contributed by atoms with Crippen LogP contribution in [0, 0.1) is 18.3 Å². The van der Waals surface area contributed by atoms with Crippen molar-refractivity contribution in [1.29, 1.82) is 5.26 Å². The first-order valence-electron chi connectivity index (χ1n) is 7.10. The van der Waals surface area contributed by atoms with E-state index in [-0.39, 0.29) is 0 Å². The van der Waals surface area contributed by atoms with Crippen LogP contribution in [0.25, 0.3) is 0 Å². The molecule has 1 aliphatic heterocycles. The van der Waals surface area contributed by atoms with Gasteiger partial charge in [-0.15, -0.1) is 0 Å². The average molecular weight is 261 g/mol. The number of nitrogens with one attached hydrogen (secondary N) is 1. The maximum absolute atomic E-state index is 9.38. The lowest BCUT2D eigenvalue weighted by atomic mass is 10.0. The number of hydrogen-bond donors (Lipinski definition) is 1. The van der Waals surface area contributed by atoms with E-state index in [4.69, 9.17) is 0 Å². The van der Waals surface area contributed by atoms with Crippen LogP contribution in [0.2, 0.25) is 0 Å². The predicted molar refractivity (Wildman–Crippen MR) is 76.2 cm³/mol. The number of piperidine rings is 1. The molecule has 1 unspecified atom stereocenters. The van der Waals surface area contributed by atoms with E-state index in [2.05, 4.69) is 28.3 Å². The van der Waals surface area contributed by atoms with Crippen LogP contribution < -0.4 is 10.2 Å². The highest BCUT2D eigenvalue weighted by Crippen LogP contribution is 2.26. The Labute approximate surface area is 115 Å². The molecule has 1 N–H and O–H groups in total. The number of rotatable bonds is 4. The summed E-state index contributed by atoms with van der Waals surface area (Å²) < 4.78 is 1.86. The van der Waals surface area contributed by atoms with E-state index >= 15 is 0 Å². The first kappa shape index (κ1) is 13.9. The molecular weight excluding hydrogens is 238 g/mol. The van der Waals surface area contributed by atoms with E-state index < -0.39 is 0 Å². The Morgan fingerprint density at radius 1 is 1.58 bits per heavy atom. The molecule has 0 radical (unpaired) electrons. The minimum atomic E-state index is 0.468. The fraction of sp³-hybridized carbons (Fsp3) is 0.714. The number of nitriles is 1. The van der Waals surface area contributed by atoms with Crippen molar-refractivity contribution < 1.29 is 0 Å². The van der Waals surface area contributed by atoms with Crippen LogP contribution in [0.3, 0.4) is 0 Å².